The van der Waals surface area contributed by atoms with Crippen molar-refractivity contribution in [2.45, 2.75) is 64.3 Å². The summed E-state index contributed by atoms with van der Waals surface area (Å²) in [5, 5.41) is 1.28. The molecule has 0 aromatic carbocycles. The van der Waals surface area contributed by atoms with Crippen molar-refractivity contribution in [3.63, 3.8) is 0 Å². The fourth-order valence-corrected chi connectivity index (χ4v) is 4.67. The highest BCUT2D eigenvalue weighted by molar-refractivity contribution is 9.24. The Bertz CT molecular complexity index is 111. The van der Waals surface area contributed by atoms with Gasteiger partial charge in [0.1, 0.15) is 0 Å². The number of unbranched alkanes of at least 4 members (excludes halogenated alkanes) is 3. The molecule has 0 rings (SSSR count). The molecule has 0 bridgehead atoms. The van der Waals surface area contributed by atoms with E-state index in [0.29, 0.717) is 6.10 Å². The Balaban J connectivity index is 3.24. The van der Waals surface area contributed by atoms with Gasteiger partial charge in [-0.1, -0.05) is 44.8 Å². The fourth-order valence-electron chi connectivity index (χ4n) is 1.15. The zero-order valence-corrected chi connectivity index (χ0v) is 11.9. The SMILES string of the molecule is CCCCC[CH2][Al]([Br])[O]C(C)CC. The fraction of sp³-hybridized carbons (Fsp3) is 1.00. The van der Waals surface area contributed by atoms with Gasteiger partial charge < -0.3 is 3.79 Å². The molecule has 0 aromatic rings. The zero-order chi connectivity index (χ0) is 10.1. The number of rotatable bonds is 8. The number of hydrogen-bond acceptors (Lipinski definition) is 1. The molecule has 0 aliphatic rings. The van der Waals surface area contributed by atoms with Crippen LogP contribution in [0.25, 0.3) is 0 Å². The van der Waals surface area contributed by atoms with Crippen LogP contribution in [0.3, 0.4) is 0 Å². The Morgan fingerprint density at radius 3 is 2.46 bits per heavy atom. The van der Waals surface area contributed by atoms with Crippen LogP contribution in [0.4, 0.5) is 0 Å². The largest absolute Gasteiger partial charge is 0.557 e. The quantitative estimate of drug-likeness (QED) is 0.470. The van der Waals surface area contributed by atoms with Crippen molar-refractivity contribution in [2.24, 2.45) is 0 Å². The molecule has 0 saturated heterocycles. The van der Waals surface area contributed by atoms with E-state index in [9.17, 15) is 0 Å². The van der Waals surface area contributed by atoms with E-state index in [1.54, 1.807) is 0 Å². The Kier molecular flexibility index (Phi) is 10.2. The molecule has 0 aromatic heterocycles. The average molecular weight is 265 g/mol. The van der Waals surface area contributed by atoms with Crippen LogP contribution in [-0.2, 0) is 3.79 Å². The van der Waals surface area contributed by atoms with E-state index in [-0.39, 0.29) is 0 Å². The second-order valence-electron chi connectivity index (χ2n) is 3.61. The molecule has 0 fully saturated rings. The summed E-state index contributed by atoms with van der Waals surface area (Å²) < 4.78 is 5.84. The average Bonchev–Trinajstić information content (AvgIpc) is 2.12. The third-order valence-electron chi connectivity index (χ3n) is 2.24. The Morgan fingerprint density at radius 2 is 1.92 bits per heavy atom. The monoisotopic (exact) mass is 264 g/mol. The zero-order valence-electron chi connectivity index (χ0n) is 9.18. The van der Waals surface area contributed by atoms with Crippen LogP contribution >= 0.6 is 14.1 Å². The Labute approximate surface area is 94.6 Å². The first-order valence-corrected chi connectivity index (χ1v) is 9.97. The highest BCUT2D eigenvalue weighted by Crippen LogP contribution is 2.13. The van der Waals surface area contributed by atoms with Crippen LogP contribution < -0.4 is 0 Å². The topological polar surface area (TPSA) is 9.23 Å². The minimum absolute atomic E-state index is 0.446. The molecule has 78 valence electrons. The van der Waals surface area contributed by atoms with E-state index in [1.807, 2.05) is 0 Å². The molecule has 0 N–H and O–H groups in total. The second kappa shape index (κ2) is 9.52. The van der Waals surface area contributed by atoms with E-state index >= 15 is 0 Å². The molecular weight excluding hydrogens is 243 g/mol. The van der Waals surface area contributed by atoms with Gasteiger partial charge in [-0.3, -0.25) is 0 Å². The third-order valence-corrected chi connectivity index (χ3v) is 5.88. The van der Waals surface area contributed by atoms with Crippen molar-refractivity contribution in [3.8, 4) is 0 Å². The maximum absolute atomic E-state index is 5.84. The van der Waals surface area contributed by atoms with Crippen molar-refractivity contribution in [2.75, 3.05) is 0 Å². The van der Waals surface area contributed by atoms with Crippen LogP contribution in [0.15, 0.2) is 0 Å². The van der Waals surface area contributed by atoms with Crippen molar-refractivity contribution in [1.82, 2.24) is 0 Å². The summed E-state index contributed by atoms with van der Waals surface area (Å²) in [7, 11) is 0. The van der Waals surface area contributed by atoms with Crippen molar-refractivity contribution in [3.05, 3.63) is 0 Å². The molecule has 0 radical (unpaired) electrons. The first kappa shape index (κ1) is 14.0. The highest BCUT2D eigenvalue weighted by Gasteiger charge is 2.18. The van der Waals surface area contributed by atoms with Gasteiger partial charge in [0.2, 0.25) is 0 Å². The van der Waals surface area contributed by atoms with E-state index in [4.69, 9.17) is 3.79 Å². The van der Waals surface area contributed by atoms with Gasteiger partial charge in [0.15, 0.2) is 0 Å². The molecule has 0 spiro atoms. The first-order valence-electron chi connectivity index (χ1n) is 5.50. The molecule has 0 amide bonds. The summed E-state index contributed by atoms with van der Waals surface area (Å²) in [4.78, 5) is 0. The molecule has 1 nitrogen and oxygen atoms in total. The predicted molar refractivity (Wildman–Crippen MR) is 64.5 cm³/mol. The van der Waals surface area contributed by atoms with Crippen LogP contribution in [0.1, 0.15) is 52.9 Å². The summed E-state index contributed by atoms with van der Waals surface area (Å²) in [6.45, 7) is 6.59. The first-order chi connectivity index (χ1) is 6.20. The van der Waals surface area contributed by atoms with Crippen LogP contribution in [0.2, 0.25) is 5.28 Å². The van der Waals surface area contributed by atoms with Gasteiger partial charge in [-0.15, -0.1) is 0 Å². The third kappa shape index (κ3) is 9.28. The van der Waals surface area contributed by atoms with E-state index in [0.717, 1.165) is 6.42 Å². The Hall–Kier alpha value is 0.972. The van der Waals surface area contributed by atoms with Gasteiger partial charge in [-0.05, 0) is 13.3 Å². The summed E-state index contributed by atoms with van der Waals surface area (Å²) in [6.07, 6.45) is 6.98. The second-order valence-corrected chi connectivity index (χ2v) is 8.35. The molecule has 0 saturated carbocycles. The summed E-state index contributed by atoms with van der Waals surface area (Å²) in [5.74, 6) is 0. The van der Waals surface area contributed by atoms with Crippen LogP contribution in [0.5, 0.6) is 0 Å². The van der Waals surface area contributed by atoms with Gasteiger partial charge in [-0.2, -0.15) is 14.1 Å². The number of halogens is 1. The molecule has 0 heterocycles. The van der Waals surface area contributed by atoms with Gasteiger partial charge in [0.25, 0.3) is 0 Å². The highest BCUT2D eigenvalue weighted by atomic mass is 79.9. The molecule has 13 heavy (non-hydrogen) atoms. The maximum Gasteiger partial charge on any atom is 0.557 e. The molecule has 0 aliphatic heterocycles. The lowest BCUT2D eigenvalue weighted by Gasteiger charge is -2.13. The lowest BCUT2D eigenvalue weighted by atomic mass is 10.2. The predicted octanol–water partition coefficient (Wildman–Crippen LogP) is 4.26. The minimum atomic E-state index is -1.01. The summed E-state index contributed by atoms with van der Waals surface area (Å²) in [6, 6.07) is 0. The van der Waals surface area contributed by atoms with E-state index in [2.05, 4.69) is 34.8 Å². The Morgan fingerprint density at radius 1 is 1.23 bits per heavy atom. The molecule has 1 atom stereocenters. The number of hydrogen-bond donors (Lipinski definition) is 0. The van der Waals surface area contributed by atoms with E-state index < -0.39 is 12.7 Å². The van der Waals surface area contributed by atoms with Gasteiger partial charge >= 0.3 is 12.7 Å². The van der Waals surface area contributed by atoms with Crippen molar-refractivity contribution >= 4 is 26.7 Å². The van der Waals surface area contributed by atoms with Gasteiger partial charge in [-0.25, -0.2) is 0 Å². The lowest BCUT2D eigenvalue weighted by molar-refractivity contribution is 0.225. The standard InChI is InChI=1S/C6H13.C4H9O.Al.BrH/c1-3-5-6-4-2;1-3-4(2)5;;/h1,3-6H2,2H3;4H,3H2,1-2H3;;1H/q;-1;+2;/p-1. The maximum atomic E-state index is 5.84. The lowest BCUT2D eigenvalue weighted by Crippen LogP contribution is -2.17. The van der Waals surface area contributed by atoms with Gasteiger partial charge in [0.05, 0.1) is 0 Å². The van der Waals surface area contributed by atoms with Crippen molar-refractivity contribution < 1.29 is 3.79 Å². The van der Waals surface area contributed by atoms with Gasteiger partial charge in [0, 0.05) is 6.10 Å². The molecule has 1 unspecified atom stereocenters. The van der Waals surface area contributed by atoms with Crippen LogP contribution in [-0.4, -0.2) is 18.8 Å². The molecule has 0 aliphatic carbocycles. The van der Waals surface area contributed by atoms with Crippen LogP contribution in [0, 0.1) is 0 Å². The summed E-state index contributed by atoms with van der Waals surface area (Å²) in [5.41, 5.74) is 0. The van der Waals surface area contributed by atoms with E-state index in [1.165, 1.54) is 31.0 Å². The molecule has 3 heteroatoms. The summed E-state index contributed by atoms with van der Waals surface area (Å²) >= 11 is 2.68. The normalized spacial score (nSPS) is 12.9. The minimum Gasteiger partial charge on any atom is -0.490 e. The van der Waals surface area contributed by atoms with Crippen molar-refractivity contribution in [1.29, 1.82) is 0 Å². The molecular formula is C10H22AlBrO. The smallest absolute Gasteiger partial charge is 0.490 e.